The molecule has 2 amide bonds. The third-order valence-electron chi connectivity index (χ3n) is 5.79. The Hall–Kier alpha value is -4.84. The molecule has 1 aliphatic heterocycles. The smallest absolute Gasteiger partial charge is 0.270 e. The van der Waals surface area contributed by atoms with Crippen LogP contribution in [0.15, 0.2) is 48.8 Å². The van der Waals surface area contributed by atoms with Crippen LogP contribution in [0.3, 0.4) is 0 Å². The van der Waals surface area contributed by atoms with Gasteiger partial charge in [-0.2, -0.15) is 0 Å². The fourth-order valence-electron chi connectivity index (χ4n) is 4.32. The number of aromatic nitrogens is 2. The Balaban J connectivity index is 1.83. The highest BCUT2D eigenvalue weighted by Crippen LogP contribution is 2.39. The number of nitrogens with two attached hydrogens (primary N) is 1. The summed E-state index contributed by atoms with van der Waals surface area (Å²) in [4.78, 5) is 50.4. The molecule has 2 aromatic carbocycles. The molecular weight excluding hydrogens is 444 g/mol. The van der Waals surface area contributed by atoms with Crippen LogP contribution in [0.4, 0.5) is 11.4 Å². The molecule has 0 saturated carbocycles. The van der Waals surface area contributed by atoms with Gasteiger partial charge in [0.15, 0.2) is 0 Å². The number of nitro benzene ring substituents is 2. The fourth-order valence-corrected chi connectivity index (χ4v) is 4.32. The summed E-state index contributed by atoms with van der Waals surface area (Å²) in [5, 5.41) is 25.7. The summed E-state index contributed by atoms with van der Waals surface area (Å²) in [5.41, 5.74) is 7.20. The Morgan fingerprint density at radius 1 is 0.882 bits per heavy atom. The third kappa shape index (κ3) is 3.12. The number of fused-ring (bicyclic) bond motifs is 2. The molecule has 12 nitrogen and oxygen atoms in total. The van der Waals surface area contributed by atoms with E-state index in [1.54, 1.807) is 16.8 Å². The van der Waals surface area contributed by atoms with Gasteiger partial charge in [-0.1, -0.05) is 0 Å². The first-order chi connectivity index (χ1) is 16.3. The molecule has 34 heavy (non-hydrogen) atoms. The molecule has 0 aliphatic carbocycles. The zero-order valence-corrected chi connectivity index (χ0v) is 17.4. The number of non-ortho nitro benzene ring substituents is 2. The largest absolute Gasteiger partial charge is 0.361 e. The molecule has 4 aromatic rings. The van der Waals surface area contributed by atoms with Crippen LogP contribution in [0, 0.1) is 20.2 Å². The van der Waals surface area contributed by atoms with Crippen molar-refractivity contribution in [2.45, 2.75) is 6.54 Å². The maximum atomic E-state index is 13.0. The van der Waals surface area contributed by atoms with Gasteiger partial charge < -0.3 is 15.3 Å². The number of H-pyrrole nitrogens is 1. The molecule has 1 aliphatic rings. The lowest BCUT2D eigenvalue weighted by molar-refractivity contribution is -0.384. The molecule has 2 aromatic heterocycles. The average Bonchev–Trinajstić information content (AvgIpc) is 3.46. The Labute approximate surface area is 189 Å². The molecular formula is C22H16N6O6. The monoisotopic (exact) mass is 460 g/mol. The number of aromatic amines is 1. The van der Waals surface area contributed by atoms with E-state index in [-0.39, 0.29) is 29.1 Å². The van der Waals surface area contributed by atoms with Gasteiger partial charge in [-0.15, -0.1) is 0 Å². The second kappa shape index (κ2) is 7.64. The summed E-state index contributed by atoms with van der Waals surface area (Å²) < 4.78 is 1.76. The Bertz CT molecular complexity index is 1590. The number of nitro groups is 2. The topological polar surface area (TPSA) is 179 Å². The molecule has 170 valence electrons. The summed E-state index contributed by atoms with van der Waals surface area (Å²) in [6, 6.07) is 8.44. The van der Waals surface area contributed by atoms with E-state index in [0.717, 1.165) is 0 Å². The van der Waals surface area contributed by atoms with Gasteiger partial charge in [-0.05, 0) is 12.1 Å². The molecule has 0 atom stereocenters. The van der Waals surface area contributed by atoms with Crippen molar-refractivity contribution in [3.8, 4) is 0 Å². The molecule has 0 radical (unpaired) electrons. The minimum absolute atomic E-state index is 0.0232. The predicted octanol–water partition coefficient (Wildman–Crippen LogP) is 2.46. The predicted molar refractivity (Wildman–Crippen MR) is 123 cm³/mol. The van der Waals surface area contributed by atoms with Gasteiger partial charge >= 0.3 is 0 Å². The van der Waals surface area contributed by atoms with Crippen LogP contribution in [-0.2, 0) is 16.1 Å². The van der Waals surface area contributed by atoms with Crippen LogP contribution in [-0.4, -0.2) is 37.8 Å². The summed E-state index contributed by atoms with van der Waals surface area (Å²) in [5.74, 6) is -1.34. The summed E-state index contributed by atoms with van der Waals surface area (Å²) in [7, 11) is 0. The van der Waals surface area contributed by atoms with Crippen molar-refractivity contribution in [3.63, 3.8) is 0 Å². The molecule has 0 unspecified atom stereocenters. The highest BCUT2D eigenvalue weighted by molar-refractivity contribution is 6.50. The summed E-state index contributed by atoms with van der Waals surface area (Å²) in [6.07, 6.45) is 3.13. The Morgan fingerprint density at radius 3 is 2.15 bits per heavy atom. The van der Waals surface area contributed by atoms with Gasteiger partial charge in [0, 0.05) is 82.7 Å². The first-order valence-electron chi connectivity index (χ1n) is 10.1. The van der Waals surface area contributed by atoms with Crippen molar-refractivity contribution in [2.24, 2.45) is 5.73 Å². The lowest BCUT2D eigenvalue weighted by atomic mass is 9.95. The van der Waals surface area contributed by atoms with E-state index in [2.05, 4.69) is 10.3 Å². The van der Waals surface area contributed by atoms with Crippen LogP contribution in [0.1, 0.15) is 11.1 Å². The second-order valence-electron chi connectivity index (χ2n) is 7.71. The average molecular weight is 460 g/mol. The summed E-state index contributed by atoms with van der Waals surface area (Å²) in [6.45, 7) is 0.662. The third-order valence-corrected chi connectivity index (χ3v) is 5.79. The molecule has 12 heteroatoms. The van der Waals surface area contributed by atoms with Gasteiger partial charge in [0.25, 0.3) is 23.2 Å². The molecule has 3 heterocycles. The quantitative estimate of drug-likeness (QED) is 0.224. The van der Waals surface area contributed by atoms with E-state index in [1.165, 1.54) is 36.5 Å². The zero-order valence-electron chi connectivity index (χ0n) is 17.4. The van der Waals surface area contributed by atoms with Crippen molar-refractivity contribution in [1.82, 2.24) is 14.9 Å². The number of benzene rings is 2. The fraction of sp³-hybridized carbons (Fsp3) is 0.0909. The molecule has 0 fully saturated rings. The van der Waals surface area contributed by atoms with Gasteiger partial charge in [0.05, 0.1) is 21.0 Å². The van der Waals surface area contributed by atoms with Crippen molar-refractivity contribution in [1.29, 1.82) is 0 Å². The number of carbonyl (C=O) groups excluding carboxylic acids is 2. The number of carbonyl (C=O) groups is 2. The maximum absolute atomic E-state index is 13.0. The Morgan fingerprint density at radius 2 is 1.50 bits per heavy atom. The van der Waals surface area contributed by atoms with E-state index in [4.69, 9.17) is 5.73 Å². The van der Waals surface area contributed by atoms with Crippen molar-refractivity contribution >= 4 is 56.1 Å². The van der Waals surface area contributed by atoms with Crippen molar-refractivity contribution in [2.75, 3.05) is 6.54 Å². The molecule has 4 N–H and O–H groups in total. The minimum Gasteiger partial charge on any atom is -0.361 e. The number of rotatable bonds is 6. The van der Waals surface area contributed by atoms with E-state index < -0.39 is 21.7 Å². The van der Waals surface area contributed by atoms with Crippen molar-refractivity contribution < 1.29 is 19.4 Å². The SMILES string of the molecule is NCCn1cc(C2=C(c3c[nH]c4ccc([N+](=O)[O-])cc34)C(=O)NC2=O)c2cc([N+](=O)[O-])ccc21. The first kappa shape index (κ1) is 21.0. The Kier molecular flexibility index (Phi) is 4.72. The number of nitrogens with zero attached hydrogens (tertiary/aromatic N) is 3. The molecule has 0 saturated heterocycles. The molecule has 5 rings (SSSR count). The highest BCUT2D eigenvalue weighted by atomic mass is 16.6. The van der Waals surface area contributed by atoms with Crippen LogP contribution >= 0.6 is 0 Å². The van der Waals surface area contributed by atoms with Gasteiger partial charge in [0.2, 0.25) is 0 Å². The van der Waals surface area contributed by atoms with Crippen LogP contribution in [0.2, 0.25) is 0 Å². The van der Waals surface area contributed by atoms with Crippen LogP contribution < -0.4 is 11.1 Å². The number of hydrogen-bond acceptors (Lipinski definition) is 7. The standard InChI is InChI=1S/C22H16N6O6/c23-5-6-26-10-16(14-8-12(28(33)34)2-4-18(14)26)20-19(21(29)25-22(20)30)15-9-24-17-3-1-11(27(31)32)7-13(15)17/h1-4,7-10,24H,5-6,23H2,(H,25,29,30). The maximum Gasteiger partial charge on any atom is 0.270 e. The lowest BCUT2D eigenvalue weighted by Crippen LogP contribution is -2.22. The summed E-state index contributed by atoms with van der Waals surface area (Å²) >= 11 is 0. The van der Waals surface area contributed by atoms with Gasteiger partial charge in [-0.25, -0.2) is 0 Å². The van der Waals surface area contributed by atoms with Gasteiger partial charge in [0.1, 0.15) is 0 Å². The van der Waals surface area contributed by atoms with E-state index >= 15 is 0 Å². The highest BCUT2D eigenvalue weighted by Gasteiger charge is 2.35. The zero-order chi connectivity index (χ0) is 24.1. The van der Waals surface area contributed by atoms with E-state index in [0.29, 0.717) is 39.5 Å². The second-order valence-corrected chi connectivity index (χ2v) is 7.71. The minimum atomic E-state index is -0.669. The lowest BCUT2D eigenvalue weighted by Gasteiger charge is -2.03. The molecule has 0 spiro atoms. The van der Waals surface area contributed by atoms with Crippen LogP contribution in [0.5, 0.6) is 0 Å². The van der Waals surface area contributed by atoms with E-state index in [9.17, 15) is 29.8 Å². The van der Waals surface area contributed by atoms with Gasteiger partial charge in [-0.3, -0.25) is 35.1 Å². The van der Waals surface area contributed by atoms with Crippen molar-refractivity contribution in [3.05, 3.63) is 80.1 Å². The number of amides is 2. The number of nitrogens with one attached hydrogen (secondary N) is 2. The van der Waals surface area contributed by atoms with E-state index in [1.807, 2.05) is 0 Å². The first-order valence-corrected chi connectivity index (χ1v) is 10.1. The molecule has 0 bridgehead atoms. The normalized spacial score (nSPS) is 13.8. The number of hydrogen-bond donors (Lipinski definition) is 3. The van der Waals surface area contributed by atoms with Crippen LogP contribution in [0.25, 0.3) is 33.0 Å². The number of imide groups is 1.